The molecule has 2 amide bonds. The smallest absolute Gasteiger partial charge is 0.254 e. The molecule has 0 spiro atoms. The lowest BCUT2D eigenvalue weighted by molar-refractivity contribution is 0.0270. The number of nitrogens with zero attached hydrogens (tertiary/aromatic N) is 2. The van der Waals surface area contributed by atoms with Crippen molar-refractivity contribution in [3.63, 3.8) is 0 Å². The van der Waals surface area contributed by atoms with Gasteiger partial charge in [0, 0.05) is 36.3 Å². The summed E-state index contributed by atoms with van der Waals surface area (Å²) in [5.74, 6) is 0.0153. The minimum absolute atomic E-state index is 0.00766. The van der Waals surface area contributed by atoms with Gasteiger partial charge in [-0.3, -0.25) is 9.59 Å². The molecule has 4 aromatic carbocycles. The Balaban J connectivity index is 1.26. The molecule has 5 rings (SSSR count). The lowest BCUT2D eigenvalue weighted by atomic mass is 10.0. The fraction of sp³-hybridized carbons (Fsp3) is 0.188. The largest absolute Gasteiger partial charge is 0.332 e. The minimum Gasteiger partial charge on any atom is -0.332 e. The van der Waals surface area contributed by atoms with Gasteiger partial charge in [0.25, 0.3) is 11.8 Å². The van der Waals surface area contributed by atoms with Crippen molar-refractivity contribution >= 4 is 11.8 Å². The van der Waals surface area contributed by atoms with Crippen LogP contribution in [0.1, 0.15) is 34.6 Å². The van der Waals surface area contributed by atoms with E-state index in [4.69, 9.17) is 0 Å². The first kappa shape index (κ1) is 23.6. The van der Waals surface area contributed by atoms with Gasteiger partial charge in [-0.25, -0.2) is 0 Å². The first-order valence-corrected chi connectivity index (χ1v) is 12.4. The Bertz CT molecular complexity index is 1230. The summed E-state index contributed by atoms with van der Waals surface area (Å²) >= 11 is 0. The van der Waals surface area contributed by atoms with Gasteiger partial charge in [0.15, 0.2) is 0 Å². The van der Waals surface area contributed by atoms with Gasteiger partial charge in [-0.15, -0.1) is 0 Å². The van der Waals surface area contributed by atoms with E-state index in [1.54, 1.807) is 0 Å². The molecule has 1 saturated heterocycles. The Kier molecular flexibility index (Phi) is 6.68. The van der Waals surface area contributed by atoms with E-state index in [1.807, 2.05) is 109 Å². The Hall–Kier alpha value is -4.18. The maximum atomic E-state index is 13.3. The van der Waals surface area contributed by atoms with E-state index in [1.165, 1.54) is 0 Å². The molecule has 2 unspecified atom stereocenters. The van der Waals surface area contributed by atoms with Crippen molar-refractivity contribution in [3.8, 4) is 22.3 Å². The molecule has 0 aliphatic carbocycles. The summed E-state index contributed by atoms with van der Waals surface area (Å²) < 4.78 is 0. The van der Waals surface area contributed by atoms with E-state index in [0.717, 1.165) is 22.3 Å². The molecule has 1 aliphatic heterocycles. The van der Waals surface area contributed by atoms with Crippen molar-refractivity contribution in [1.29, 1.82) is 0 Å². The van der Waals surface area contributed by atoms with Crippen LogP contribution in [0, 0.1) is 0 Å². The molecule has 0 bridgehead atoms. The average Bonchev–Trinajstić information content (AvgIpc) is 2.94. The molecule has 180 valence electrons. The second-order valence-corrected chi connectivity index (χ2v) is 9.50. The topological polar surface area (TPSA) is 40.6 Å². The van der Waals surface area contributed by atoms with Gasteiger partial charge in [-0.1, -0.05) is 84.9 Å². The maximum absolute atomic E-state index is 13.3. The van der Waals surface area contributed by atoms with Crippen LogP contribution in [0.15, 0.2) is 109 Å². The number of piperazine rings is 1. The standard InChI is InChI=1S/C32H30N2O2/c1-23-21-34(32(36)30-19-15-28(16-20-30)26-11-7-4-8-12-26)24(2)22-33(23)31(35)29-17-13-27(14-18-29)25-9-5-3-6-10-25/h3-20,23-24H,21-22H2,1-2H3. The average molecular weight is 475 g/mol. The van der Waals surface area contributed by atoms with Crippen LogP contribution < -0.4 is 0 Å². The Morgan fingerprint density at radius 1 is 0.500 bits per heavy atom. The Morgan fingerprint density at radius 2 is 0.806 bits per heavy atom. The van der Waals surface area contributed by atoms with E-state index in [-0.39, 0.29) is 23.9 Å². The highest BCUT2D eigenvalue weighted by molar-refractivity contribution is 5.97. The molecule has 36 heavy (non-hydrogen) atoms. The number of carbonyl (C=O) groups is 2. The highest BCUT2D eigenvalue weighted by atomic mass is 16.2. The van der Waals surface area contributed by atoms with E-state index in [0.29, 0.717) is 24.2 Å². The summed E-state index contributed by atoms with van der Waals surface area (Å²) in [5, 5.41) is 0. The van der Waals surface area contributed by atoms with Crippen LogP contribution in [-0.4, -0.2) is 46.8 Å². The van der Waals surface area contributed by atoms with Gasteiger partial charge in [0.1, 0.15) is 0 Å². The van der Waals surface area contributed by atoms with Crippen molar-refractivity contribution in [3.05, 3.63) is 120 Å². The number of rotatable bonds is 4. The summed E-state index contributed by atoms with van der Waals surface area (Å²) in [6.45, 7) is 5.05. The molecule has 0 saturated carbocycles. The summed E-state index contributed by atoms with van der Waals surface area (Å²) in [6, 6.07) is 35.7. The quantitative estimate of drug-likeness (QED) is 0.344. The van der Waals surface area contributed by atoms with Crippen molar-refractivity contribution in [2.75, 3.05) is 13.1 Å². The minimum atomic E-state index is -0.0740. The highest BCUT2D eigenvalue weighted by Crippen LogP contribution is 2.24. The van der Waals surface area contributed by atoms with Crippen LogP contribution in [0.5, 0.6) is 0 Å². The number of hydrogen-bond donors (Lipinski definition) is 0. The first-order chi connectivity index (χ1) is 17.5. The van der Waals surface area contributed by atoms with Gasteiger partial charge in [-0.2, -0.15) is 0 Å². The first-order valence-electron chi connectivity index (χ1n) is 12.4. The predicted octanol–water partition coefficient (Wildman–Crippen LogP) is 6.40. The normalized spacial score (nSPS) is 17.6. The molecule has 4 nitrogen and oxygen atoms in total. The van der Waals surface area contributed by atoms with Gasteiger partial charge < -0.3 is 9.80 Å². The Labute approximate surface area is 212 Å². The number of hydrogen-bond acceptors (Lipinski definition) is 2. The van der Waals surface area contributed by atoms with Crippen LogP contribution >= 0.6 is 0 Å². The molecule has 0 N–H and O–H groups in total. The van der Waals surface area contributed by atoms with Gasteiger partial charge in [-0.05, 0) is 60.4 Å². The zero-order valence-corrected chi connectivity index (χ0v) is 20.7. The second-order valence-electron chi connectivity index (χ2n) is 9.50. The number of carbonyl (C=O) groups excluding carboxylic acids is 2. The number of benzene rings is 4. The van der Waals surface area contributed by atoms with Gasteiger partial charge in [0.2, 0.25) is 0 Å². The lowest BCUT2D eigenvalue weighted by Crippen LogP contribution is -2.59. The molecule has 0 aromatic heterocycles. The highest BCUT2D eigenvalue weighted by Gasteiger charge is 2.35. The van der Waals surface area contributed by atoms with Crippen LogP contribution in [0.3, 0.4) is 0 Å². The summed E-state index contributed by atoms with van der Waals surface area (Å²) in [7, 11) is 0. The van der Waals surface area contributed by atoms with E-state index < -0.39 is 0 Å². The maximum Gasteiger partial charge on any atom is 0.254 e. The third kappa shape index (κ3) is 4.80. The molecule has 1 heterocycles. The zero-order chi connectivity index (χ0) is 25.1. The SMILES string of the molecule is CC1CN(C(=O)c2ccc(-c3ccccc3)cc2)C(C)CN1C(=O)c1ccc(-c2ccccc2)cc1. The fourth-order valence-corrected chi connectivity index (χ4v) is 4.90. The van der Waals surface area contributed by atoms with Crippen LogP contribution in [0.4, 0.5) is 0 Å². The van der Waals surface area contributed by atoms with Crippen LogP contribution in [-0.2, 0) is 0 Å². The lowest BCUT2D eigenvalue weighted by Gasteiger charge is -2.44. The van der Waals surface area contributed by atoms with E-state index in [2.05, 4.69) is 24.3 Å². The third-order valence-corrected chi connectivity index (χ3v) is 6.99. The van der Waals surface area contributed by atoms with Crippen molar-refractivity contribution in [2.45, 2.75) is 25.9 Å². The molecule has 2 atom stereocenters. The van der Waals surface area contributed by atoms with E-state index in [9.17, 15) is 9.59 Å². The van der Waals surface area contributed by atoms with Crippen LogP contribution in [0.2, 0.25) is 0 Å². The van der Waals surface area contributed by atoms with Gasteiger partial charge >= 0.3 is 0 Å². The molecular weight excluding hydrogens is 444 g/mol. The molecule has 4 aromatic rings. The van der Waals surface area contributed by atoms with Gasteiger partial charge in [0.05, 0.1) is 0 Å². The molecule has 1 fully saturated rings. The molecule has 0 radical (unpaired) electrons. The molecule has 4 heteroatoms. The van der Waals surface area contributed by atoms with Crippen LogP contribution in [0.25, 0.3) is 22.3 Å². The number of amides is 2. The third-order valence-electron chi connectivity index (χ3n) is 6.99. The zero-order valence-electron chi connectivity index (χ0n) is 20.7. The second kappa shape index (κ2) is 10.2. The molecular formula is C32H30N2O2. The summed E-state index contributed by atoms with van der Waals surface area (Å²) in [6.07, 6.45) is 0. The fourth-order valence-electron chi connectivity index (χ4n) is 4.90. The van der Waals surface area contributed by atoms with Crippen molar-refractivity contribution in [2.24, 2.45) is 0 Å². The monoisotopic (exact) mass is 474 g/mol. The van der Waals surface area contributed by atoms with Crippen molar-refractivity contribution in [1.82, 2.24) is 9.80 Å². The van der Waals surface area contributed by atoms with Crippen molar-refractivity contribution < 1.29 is 9.59 Å². The molecule has 1 aliphatic rings. The predicted molar refractivity (Wildman–Crippen MR) is 145 cm³/mol. The summed E-state index contributed by atoms with van der Waals surface area (Å²) in [4.78, 5) is 30.5. The van der Waals surface area contributed by atoms with E-state index >= 15 is 0 Å². The summed E-state index contributed by atoms with van der Waals surface area (Å²) in [5.41, 5.74) is 5.77. The Morgan fingerprint density at radius 3 is 1.14 bits per heavy atom.